The molecule has 72 valence electrons. The molecule has 0 aliphatic rings. The molecular formula is C10H14ClNO. The summed E-state index contributed by atoms with van der Waals surface area (Å²) in [7, 11) is 0. The van der Waals surface area contributed by atoms with Gasteiger partial charge in [0.25, 0.3) is 0 Å². The zero-order chi connectivity index (χ0) is 8.81. The summed E-state index contributed by atoms with van der Waals surface area (Å²) >= 11 is 0. The molecule has 2 N–H and O–H groups in total. The van der Waals surface area contributed by atoms with Crippen molar-refractivity contribution in [3.63, 3.8) is 0 Å². The Morgan fingerprint density at radius 1 is 1.23 bits per heavy atom. The molecule has 0 spiro atoms. The monoisotopic (exact) mass is 199 g/mol. The van der Waals surface area contributed by atoms with Gasteiger partial charge in [0.1, 0.15) is 5.78 Å². The quantitative estimate of drug-likeness (QED) is 0.800. The third-order valence-electron chi connectivity index (χ3n) is 1.76. The fourth-order valence-electron chi connectivity index (χ4n) is 1.03. The van der Waals surface area contributed by atoms with Gasteiger partial charge >= 0.3 is 0 Å². The highest BCUT2D eigenvalue weighted by atomic mass is 35.5. The standard InChI is InChI=1S/C10H13NO.ClH/c11-8-10(12)7-6-9-4-2-1-3-5-9;/h1-5H,6-8,11H2;1H. The summed E-state index contributed by atoms with van der Waals surface area (Å²) in [5.41, 5.74) is 6.38. The van der Waals surface area contributed by atoms with E-state index in [4.69, 9.17) is 5.73 Å². The first-order chi connectivity index (χ1) is 5.83. The second-order valence-corrected chi connectivity index (χ2v) is 2.73. The number of nitrogens with two attached hydrogens (primary N) is 1. The van der Waals surface area contributed by atoms with Crippen LogP contribution in [0.2, 0.25) is 0 Å². The average Bonchev–Trinajstić information content (AvgIpc) is 2.16. The highest BCUT2D eigenvalue weighted by Gasteiger charge is 1.98. The van der Waals surface area contributed by atoms with Gasteiger partial charge in [0, 0.05) is 6.42 Å². The number of ketones is 1. The van der Waals surface area contributed by atoms with Crippen molar-refractivity contribution in [2.75, 3.05) is 6.54 Å². The van der Waals surface area contributed by atoms with E-state index in [1.165, 1.54) is 5.56 Å². The number of benzene rings is 1. The number of Topliss-reactive ketones (excluding diaryl/α,β-unsaturated/α-hetero) is 1. The second-order valence-electron chi connectivity index (χ2n) is 2.73. The van der Waals surface area contributed by atoms with Crippen LogP contribution in [0.15, 0.2) is 30.3 Å². The molecule has 0 fully saturated rings. The predicted octanol–water partition coefficient (Wildman–Crippen LogP) is 1.57. The van der Waals surface area contributed by atoms with Crippen LogP contribution in [0.25, 0.3) is 0 Å². The number of halogens is 1. The van der Waals surface area contributed by atoms with Crippen molar-refractivity contribution in [2.24, 2.45) is 5.73 Å². The van der Waals surface area contributed by atoms with Crippen LogP contribution in [0.3, 0.4) is 0 Å². The molecule has 1 aromatic carbocycles. The van der Waals surface area contributed by atoms with E-state index in [9.17, 15) is 4.79 Å². The molecule has 13 heavy (non-hydrogen) atoms. The highest BCUT2D eigenvalue weighted by molar-refractivity contribution is 5.85. The van der Waals surface area contributed by atoms with Crippen molar-refractivity contribution in [2.45, 2.75) is 12.8 Å². The number of aryl methyl sites for hydroxylation is 1. The topological polar surface area (TPSA) is 43.1 Å². The zero-order valence-electron chi connectivity index (χ0n) is 7.40. The van der Waals surface area contributed by atoms with E-state index in [0.29, 0.717) is 6.42 Å². The van der Waals surface area contributed by atoms with E-state index in [2.05, 4.69) is 0 Å². The van der Waals surface area contributed by atoms with Gasteiger partial charge in [-0.05, 0) is 12.0 Å². The van der Waals surface area contributed by atoms with Crippen molar-refractivity contribution >= 4 is 18.2 Å². The van der Waals surface area contributed by atoms with Crippen LogP contribution in [0.1, 0.15) is 12.0 Å². The van der Waals surface area contributed by atoms with Crippen LogP contribution < -0.4 is 5.73 Å². The molecule has 0 unspecified atom stereocenters. The van der Waals surface area contributed by atoms with E-state index >= 15 is 0 Å². The first-order valence-electron chi connectivity index (χ1n) is 4.08. The minimum Gasteiger partial charge on any atom is -0.324 e. The van der Waals surface area contributed by atoms with Crippen LogP contribution in [0.4, 0.5) is 0 Å². The molecule has 0 aromatic heterocycles. The Balaban J connectivity index is 0.00000144. The molecule has 0 bridgehead atoms. The lowest BCUT2D eigenvalue weighted by Crippen LogP contribution is -2.13. The normalized spacial score (nSPS) is 9.00. The maximum Gasteiger partial charge on any atom is 0.146 e. The lowest BCUT2D eigenvalue weighted by atomic mass is 10.1. The maximum atomic E-state index is 10.9. The van der Waals surface area contributed by atoms with Gasteiger partial charge in [0.15, 0.2) is 0 Å². The zero-order valence-corrected chi connectivity index (χ0v) is 8.22. The molecule has 3 heteroatoms. The van der Waals surface area contributed by atoms with Crippen molar-refractivity contribution in [3.8, 4) is 0 Å². The first kappa shape index (κ1) is 12.1. The van der Waals surface area contributed by atoms with Gasteiger partial charge in [-0.1, -0.05) is 30.3 Å². The lowest BCUT2D eigenvalue weighted by molar-refractivity contribution is -0.117. The van der Waals surface area contributed by atoms with E-state index in [0.717, 1.165) is 6.42 Å². The lowest BCUT2D eigenvalue weighted by Gasteiger charge is -1.98. The number of rotatable bonds is 4. The smallest absolute Gasteiger partial charge is 0.146 e. The summed E-state index contributed by atoms with van der Waals surface area (Å²) in [6.07, 6.45) is 1.36. The number of carbonyl (C=O) groups is 1. The van der Waals surface area contributed by atoms with Gasteiger partial charge in [-0.15, -0.1) is 12.4 Å². The molecule has 0 heterocycles. The van der Waals surface area contributed by atoms with E-state index < -0.39 is 0 Å². The fourth-order valence-corrected chi connectivity index (χ4v) is 1.03. The largest absolute Gasteiger partial charge is 0.324 e. The Hall–Kier alpha value is -0.860. The molecule has 2 nitrogen and oxygen atoms in total. The average molecular weight is 200 g/mol. The van der Waals surface area contributed by atoms with Crippen LogP contribution >= 0.6 is 12.4 Å². The van der Waals surface area contributed by atoms with E-state index in [1.54, 1.807) is 0 Å². The van der Waals surface area contributed by atoms with Gasteiger partial charge in [-0.25, -0.2) is 0 Å². The predicted molar refractivity (Wildman–Crippen MR) is 56.1 cm³/mol. The Morgan fingerprint density at radius 2 is 1.85 bits per heavy atom. The Labute approximate surface area is 84.5 Å². The Morgan fingerprint density at radius 3 is 2.38 bits per heavy atom. The Bertz CT molecular complexity index is 248. The van der Waals surface area contributed by atoms with E-state index in [-0.39, 0.29) is 24.7 Å². The molecule has 0 saturated heterocycles. The minimum atomic E-state index is 0. The summed E-state index contributed by atoms with van der Waals surface area (Å²) in [5.74, 6) is 0.124. The van der Waals surface area contributed by atoms with Crippen molar-refractivity contribution < 1.29 is 4.79 Å². The van der Waals surface area contributed by atoms with Gasteiger partial charge in [0.05, 0.1) is 6.54 Å². The minimum absolute atomic E-state index is 0. The molecule has 0 aliphatic carbocycles. The number of hydrogen-bond acceptors (Lipinski definition) is 2. The van der Waals surface area contributed by atoms with Gasteiger partial charge in [-0.3, -0.25) is 4.79 Å². The molecule has 0 atom stereocenters. The highest BCUT2D eigenvalue weighted by Crippen LogP contribution is 2.01. The van der Waals surface area contributed by atoms with Crippen LogP contribution in [0.5, 0.6) is 0 Å². The fraction of sp³-hybridized carbons (Fsp3) is 0.300. The number of hydrogen-bond donors (Lipinski definition) is 1. The summed E-state index contributed by atoms with van der Waals surface area (Å²) in [4.78, 5) is 10.9. The summed E-state index contributed by atoms with van der Waals surface area (Å²) < 4.78 is 0. The van der Waals surface area contributed by atoms with Crippen LogP contribution in [-0.2, 0) is 11.2 Å². The van der Waals surface area contributed by atoms with Crippen molar-refractivity contribution in [3.05, 3.63) is 35.9 Å². The number of carbonyl (C=O) groups excluding carboxylic acids is 1. The molecule has 1 rings (SSSR count). The van der Waals surface area contributed by atoms with Crippen LogP contribution in [-0.4, -0.2) is 12.3 Å². The van der Waals surface area contributed by atoms with Crippen LogP contribution in [0, 0.1) is 0 Å². The molecule has 0 amide bonds. The van der Waals surface area contributed by atoms with Crippen molar-refractivity contribution in [1.82, 2.24) is 0 Å². The molecule has 0 aliphatic heterocycles. The van der Waals surface area contributed by atoms with Gasteiger partial charge in [-0.2, -0.15) is 0 Å². The molecule has 1 aromatic rings. The third-order valence-corrected chi connectivity index (χ3v) is 1.76. The maximum absolute atomic E-state index is 10.9. The van der Waals surface area contributed by atoms with Crippen molar-refractivity contribution in [1.29, 1.82) is 0 Å². The summed E-state index contributed by atoms with van der Waals surface area (Å²) in [6.45, 7) is 0.160. The molecular weight excluding hydrogens is 186 g/mol. The Kier molecular flexibility index (Phi) is 6.20. The molecule has 0 radical (unpaired) electrons. The molecule has 0 saturated carbocycles. The van der Waals surface area contributed by atoms with Gasteiger partial charge < -0.3 is 5.73 Å². The van der Waals surface area contributed by atoms with Gasteiger partial charge in [0.2, 0.25) is 0 Å². The second kappa shape index (κ2) is 6.63. The summed E-state index contributed by atoms with van der Waals surface area (Å²) in [5, 5.41) is 0. The SMILES string of the molecule is Cl.NCC(=O)CCc1ccccc1. The third kappa shape index (κ3) is 4.65. The first-order valence-corrected chi connectivity index (χ1v) is 4.08. The van der Waals surface area contributed by atoms with E-state index in [1.807, 2.05) is 30.3 Å². The summed E-state index contributed by atoms with van der Waals surface area (Å²) in [6, 6.07) is 9.95.